The van der Waals surface area contributed by atoms with Gasteiger partial charge in [0, 0.05) is 0 Å². The zero-order valence-corrected chi connectivity index (χ0v) is 19.1. The van der Waals surface area contributed by atoms with E-state index in [1.165, 1.54) is 15.5 Å². The van der Waals surface area contributed by atoms with Gasteiger partial charge in [0.05, 0.1) is 18.3 Å². The molecule has 174 valence electrons. The van der Waals surface area contributed by atoms with Crippen molar-refractivity contribution in [1.29, 1.82) is 0 Å². The Morgan fingerprint density at radius 1 is 0.969 bits per heavy atom. The Morgan fingerprint density at radius 2 is 1.66 bits per heavy atom. The van der Waals surface area contributed by atoms with Crippen molar-refractivity contribution >= 4 is 11.7 Å². The van der Waals surface area contributed by atoms with Crippen molar-refractivity contribution in [3.05, 3.63) is 60.2 Å². The van der Waals surface area contributed by atoms with Gasteiger partial charge in [-0.3, -0.25) is 4.90 Å². The quantitative estimate of drug-likeness (QED) is 0.339. The third kappa shape index (κ3) is 7.91. The maximum absolute atomic E-state index is 12.3. The molecule has 0 aliphatic carbocycles. The number of quaternary nitrogens is 2. The summed E-state index contributed by atoms with van der Waals surface area (Å²) in [5.41, 5.74) is 1.76. The third-order valence-electron chi connectivity index (χ3n) is 5.57. The second-order valence-corrected chi connectivity index (χ2v) is 8.47. The smallest absolute Gasteiger partial charge is 0.338 e. The Morgan fingerprint density at radius 3 is 2.31 bits per heavy atom. The van der Waals surface area contributed by atoms with E-state index in [4.69, 9.17) is 14.2 Å². The molecule has 2 aromatic carbocycles. The normalized spacial score (nSPS) is 19.5. The molecule has 0 radical (unpaired) electrons. The largest absolute Gasteiger partial charge is 0.491 e. The van der Waals surface area contributed by atoms with Gasteiger partial charge in [0.25, 0.3) is 0 Å². The molecule has 1 atom stereocenters. The highest BCUT2D eigenvalue weighted by molar-refractivity contribution is 5.89. The van der Waals surface area contributed by atoms with Gasteiger partial charge in [0.15, 0.2) is 0 Å². The van der Waals surface area contributed by atoms with Crippen LogP contribution in [0.25, 0.3) is 0 Å². The van der Waals surface area contributed by atoms with Crippen molar-refractivity contribution in [2.24, 2.45) is 0 Å². The van der Waals surface area contributed by atoms with Crippen LogP contribution in [-0.2, 0) is 9.47 Å². The van der Waals surface area contributed by atoms with Crippen molar-refractivity contribution < 1.29 is 33.9 Å². The fourth-order valence-corrected chi connectivity index (χ4v) is 3.85. The van der Waals surface area contributed by atoms with Crippen LogP contribution in [0.4, 0.5) is 5.69 Å². The minimum absolute atomic E-state index is 0.00236. The van der Waals surface area contributed by atoms with Crippen LogP contribution in [0.2, 0.25) is 0 Å². The molecule has 1 fully saturated rings. The second kappa shape index (κ2) is 12.6. The van der Waals surface area contributed by atoms with Crippen molar-refractivity contribution in [2.75, 3.05) is 52.5 Å². The number of ether oxygens (including phenoxy) is 3. The second-order valence-electron chi connectivity index (χ2n) is 8.47. The maximum atomic E-state index is 12.3. The molecule has 1 heterocycles. The van der Waals surface area contributed by atoms with Crippen LogP contribution in [-0.4, -0.2) is 75.8 Å². The third-order valence-corrected chi connectivity index (χ3v) is 5.57. The number of piperazine rings is 1. The van der Waals surface area contributed by atoms with E-state index in [1.54, 1.807) is 24.3 Å². The van der Waals surface area contributed by atoms with Crippen LogP contribution in [0.1, 0.15) is 24.2 Å². The number of benzene rings is 2. The van der Waals surface area contributed by atoms with Crippen molar-refractivity contribution in [3.8, 4) is 5.75 Å². The molecule has 1 aliphatic rings. The molecule has 0 spiro atoms. The first-order valence-corrected chi connectivity index (χ1v) is 11.4. The van der Waals surface area contributed by atoms with Crippen LogP contribution >= 0.6 is 0 Å². The van der Waals surface area contributed by atoms with Gasteiger partial charge in [0.1, 0.15) is 63.5 Å². The Hall–Kier alpha value is -2.45. The van der Waals surface area contributed by atoms with E-state index in [0.717, 1.165) is 26.2 Å². The van der Waals surface area contributed by atoms with E-state index >= 15 is 0 Å². The average Bonchev–Trinajstić information content (AvgIpc) is 2.81. The number of hydrogen-bond donors (Lipinski definition) is 3. The summed E-state index contributed by atoms with van der Waals surface area (Å²) in [6, 6.07) is 17.3. The number of aliphatic hydroxyl groups is 1. The summed E-state index contributed by atoms with van der Waals surface area (Å²) in [7, 11) is 0. The zero-order chi connectivity index (χ0) is 22.8. The number of carbonyl (C=O) groups is 1. The van der Waals surface area contributed by atoms with Crippen molar-refractivity contribution in [2.45, 2.75) is 26.1 Å². The first-order chi connectivity index (χ1) is 15.5. The van der Waals surface area contributed by atoms with Crippen LogP contribution in [0.3, 0.4) is 0 Å². The molecule has 3 rings (SSSR count). The molecule has 7 heteroatoms. The highest BCUT2D eigenvalue weighted by Gasteiger charge is 2.26. The van der Waals surface area contributed by atoms with Crippen molar-refractivity contribution in [3.63, 3.8) is 0 Å². The predicted molar refractivity (Wildman–Crippen MR) is 122 cm³/mol. The van der Waals surface area contributed by atoms with E-state index in [2.05, 4.69) is 24.3 Å². The molecule has 7 nitrogen and oxygen atoms in total. The van der Waals surface area contributed by atoms with Crippen LogP contribution in [0.15, 0.2) is 54.6 Å². The van der Waals surface area contributed by atoms with Gasteiger partial charge in [-0.15, -0.1) is 0 Å². The molecule has 0 saturated carbocycles. The molecule has 1 aliphatic heterocycles. The summed E-state index contributed by atoms with van der Waals surface area (Å²) in [6.07, 6.45) is -0.497. The predicted octanol–water partition coefficient (Wildman–Crippen LogP) is 0.123. The van der Waals surface area contributed by atoms with Gasteiger partial charge in [-0.05, 0) is 50.2 Å². The van der Waals surface area contributed by atoms with Gasteiger partial charge in [0.2, 0.25) is 0 Å². The summed E-state index contributed by atoms with van der Waals surface area (Å²) in [6.45, 7) is 9.55. The van der Waals surface area contributed by atoms with Crippen LogP contribution in [0.5, 0.6) is 5.75 Å². The number of nitrogens with one attached hydrogen (secondary N) is 2. The maximum Gasteiger partial charge on any atom is 0.338 e. The summed E-state index contributed by atoms with van der Waals surface area (Å²) in [5.74, 6) is 0.237. The van der Waals surface area contributed by atoms with Crippen LogP contribution in [0, 0.1) is 0 Å². The van der Waals surface area contributed by atoms with E-state index in [1.807, 2.05) is 19.9 Å². The van der Waals surface area contributed by atoms with Gasteiger partial charge < -0.3 is 24.2 Å². The monoisotopic (exact) mass is 444 g/mol. The van der Waals surface area contributed by atoms with E-state index in [0.29, 0.717) is 31.1 Å². The lowest BCUT2D eigenvalue weighted by molar-refractivity contribution is -0.988. The topological polar surface area (TPSA) is 73.9 Å². The van der Waals surface area contributed by atoms with Gasteiger partial charge >= 0.3 is 5.97 Å². The summed E-state index contributed by atoms with van der Waals surface area (Å²) < 4.78 is 16.3. The van der Waals surface area contributed by atoms with Gasteiger partial charge in [-0.1, -0.05) is 18.2 Å². The average molecular weight is 445 g/mol. The molecular weight excluding hydrogens is 408 g/mol. The molecule has 3 N–H and O–H groups in total. The van der Waals surface area contributed by atoms with Crippen LogP contribution < -0.4 is 14.5 Å². The number of para-hydroxylation sites is 1. The standard InChI is InChI=1S/C25H34N2O5/c1-20(2)30-16-17-31-24-10-8-21(9-11-24)25(29)32-19-23(28)18-26-12-14-27(15-13-26)22-6-4-3-5-7-22/h3-11,20,23,28H,12-19H2,1-2H3/p+2. The van der Waals surface area contributed by atoms with E-state index in [-0.39, 0.29) is 12.7 Å². The molecule has 1 saturated heterocycles. The first kappa shape index (κ1) is 24.2. The molecule has 1 unspecified atom stereocenters. The lowest BCUT2D eigenvalue weighted by Gasteiger charge is -2.30. The molecule has 0 bridgehead atoms. The zero-order valence-electron chi connectivity index (χ0n) is 19.1. The lowest BCUT2D eigenvalue weighted by Crippen LogP contribution is -3.26. The van der Waals surface area contributed by atoms with E-state index < -0.39 is 12.1 Å². The van der Waals surface area contributed by atoms with Gasteiger partial charge in [-0.25, -0.2) is 4.79 Å². The molecular formula is C25H36N2O5+2. The molecule has 32 heavy (non-hydrogen) atoms. The van der Waals surface area contributed by atoms with Crippen molar-refractivity contribution in [1.82, 2.24) is 0 Å². The summed E-state index contributed by atoms with van der Waals surface area (Å²) in [5, 5.41) is 10.3. The first-order valence-electron chi connectivity index (χ1n) is 11.4. The SMILES string of the molecule is CC(C)OCCOc1ccc(C(=O)OCC(O)C[NH+]2CC[NH+](c3ccccc3)CC2)cc1. The summed E-state index contributed by atoms with van der Waals surface area (Å²) >= 11 is 0. The molecule has 0 aromatic heterocycles. The number of rotatable bonds is 11. The minimum Gasteiger partial charge on any atom is -0.491 e. The molecule has 0 amide bonds. The Kier molecular flexibility index (Phi) is 9.49. The Labute approximate surface area is 190 Å². The number of aliphatic hydroxyl groups excluding tert-OH is 1. The number of esters is 1. The number of hydrogen-bond acceptors (Lipinski definition) is 5. The van der Waals surface area contributed by atoms with E-state index in [9.17, 15) is 9.90 Å². The molecule has 2 aromatic rings. The summed E-state index contributed by atoms with van der Waals surface area (Å²) in [4.78, 5) is 15.1. The fourth-order valence-electron chi connectivity index (χ4n) is 3.85. The highest BCUT2D eigenvalue weighted by Crippen LogP contribution is 2.13. The number of carbonyl (C=O) groups excluding carboxylic acids is 1. The lowest BCUT2D eigenvalue weighted by atomic mass is 10.2. The van der Waals surface area contributed by atoms with Gasteiger partial charge in [-0.2, -0.15) is 0 Å². The Bertz CT molecular complexity index is 805. The minimum atomic E-state index is -0.671. The highest BCUT2D eigenvalue weighted by atomic mass is 16.5. The fraction of sp³-hybridized carbons (Fsp3) is 0.480. The Balaban J connectivity index is 1.34.